The van der Waals surface area contributed by atoms with Gasteiger partial charge in [0.15, 0.2) is 5.16 Å². The molecule has 108 valence electrons. The Morgan fingerprint density at radius 3 is 2.57 bits per heavy atom. The number of imidazole rings is 1. The quantitative estimate of drug-likeness (QED) is 0.726. The van der Waals surface area contributed by atoms with Crippen LogP contribution < -0.4 is 0 Å². The van der Waals surface area contributed by atoms with Crippen LogP contribution in [0.3, 0.4) is 0 Å². The predicted octanol–water partition coefficient (Wildman–Crippen LogP) is 3.88. The molecule has 0 aliphatic carbocycles. The molecule has 1 heterocycles. The first-order valence-corrected chi connectivity index (χ1v) is 8.09. The Bertz CT molecular complexity index is 724. The van der Waals surface area contributed by atoms with Crippen LogP contribution in [0.1, 0.15) is 18.6 Å². The maximum Gasteiger partial charge on any atom is 0.169 e. The molecule has 3 nitrogen and oxygen atoms in total. The van der Waals surface area contributed by atoms with E-state index in [0.717, 1.165) is 28.3 Å². The fourth-order valence-corrected chi connectivity index (χ4v) is 3.44. The lowest BCUT2D eigenvalue weighted by Gasteiger charge is -2.11. The summed E-state index contributed by atoms with van der Waals surface area (Å²) in [4.78, 5) is 4.66. The summed E-state index contributed by atoms with van der Waals surface area (Å²) in [5.74, 6) is 0.604. The second-order valence-corrected chi connectivity index (χ2v) is 5.85. The van der Waals surface area contributed by atoms with Gasteiger partial charge < -0.3 is 9.67 Å². The highest BCUT2D eigenvalue weighted by atomic mass is 32.2. The SMILES string of the molecule is CCn1c(SCC(O)c2ccccc2)nc2ccccc21. The smallest absolute Gasteiger partial charge is 0.169 e. The van der Waals surface area contributed by atoms with Crippen molar-refractivity contribution in [2.45, 2.75) is 24.7 Å². The first kappa shape index (κ1) is 14.2. The minimum absolute atomic E-state index is 0.471. The Morgan fingerprint density at radius 2 is 1.81 bits per heavy atom. The lowest BCUT2D eigenvalue weighted by molar-refractivity contribution is 0.204. The molecule has 0 aliphatic rings. The number of para-hydroxylation sites is 2. The van der Waals surface area contributed by atoms with Gasteiger partial charge in [-0.3, -0.25) is 0 Å². The number of thioether (sulfide) groups is 1. The fourth-order valence-electron chi connectivity index (χ4n) is 2.39. The number of hydrogen-bond acceptors (Lipinski definition) is 3. The van der Waals surface area contributed by atoms with E-state index in [1.165, 1.54) is 0 Å². The topological polar surface area (TPSA) is 38.0 Å². The second kappa shape index (κ2) is 6.33. The first-order valence-electron chi connectivity index (χ1n) is 7.10. The minimum Gasteiger partial charge on any atom is -0.388 e. The van der Waals surface area contributed by atoms with Crippen LogP contribution in [0, 0.1) is 0 Å². The van der Waals surface area contributed by atoms with Gasteiger partial charge in [0.05, 0.1) is 17.1 Å². The van der Waals surface area contributed by atoms with E-state index in [0.29, 0.717) is 5.75 Å². The third-order valence-electron chi connectivity index (χ3n) is 3.49. The Balaban J connectivity index is 1.79. The van der Waals surface area contributed by atoms with Gasteiger partial charge in [-0.25, -0.2) is 4.98 Å². The van der Waals surface area contributed by atoms with Crippen LogP contribution in [0.4, 0.5) is 0 Å². The molecular weight excluding hydrogens is 280 g/mol. The molecule has 3 rings (SSSR count). The van der Waals surface area contributed by atoms with E-state index in [9.17, 15) is 5.11 Å². The number of aliphatic hydroxyl groups excluding tert-OH is 1. The minimum atomic E-state index is -0.471. The zero-order chi connectivity index (χ0) is 14.7. The van der Waals surface area contributed by atoms with Crippen LogP contribution in [0.2, 0.25) is 0 Å². The van der Waals surface area contributed by atoms with E-state index in [2.05, 4.69) is 22.5 Å². The maximum atomic E-state index is 10.3. The summed E-state index contributed by atoms with van der Waals surface area (Å²) in [5.41, 5.74) is 3.11. The van der Waals surface area contributed by atoms with Crippen LogP contribution >= 0.6 is 11.8 Å². The van der Waals surface area contributed by atoms with Gasteiger partial charge in [0.2, 0.25) is 0 Å². The molecule has 0 fully saturated rings. The lowest BCUT2D eigenvalue weighted by Crippen LogP contribution is -2.02. The normalized spacial score (nSPS) is 12.7. The standard InChI is InChI=1S/C17H18N2OS/c1-2-19-15-11-7-6-10-14(15)18-17(19)21-12-16(20)13-8-4-3-5-9-13/h3-11,16,20H,2,12H2,1H3. The van der Waals surface area contributed by atoms with E-state index in [4.69, 9.17) is 0 Å². The van der Waals surface area contributed by atoms with Crippen molar-refractivity contribution < 1.29 is 5.11 Å². The summed E-state index contributed by atoms with van der Waals surface area (Å²) >= 11 is 1.60. The number of nitrogens with zero attached hydrogens (tertiary/aromatic N) is 2. The molecular formula is C17H18N2OS. The fraction of sp³-hybridized carbons (Fsp3) is 0.235. The van der Waals surface area contributed by atoms with E-state index < -0.39 is 6.10 Å². The Labute approximate surface area is 128 Å². The van der Waals surface area contributed by atoms with E-state index in [1.54, 1.807) is 11.8 Å². The molecule has 0 amide bonds. The van der Waals surface area contributed by atoms with Crippen molar-refractivity contribution in [1.29, 1.82) is 0 Å². The Hall–Kier alpha value is -1.78. The molecule has 0 spiro atoms. The summed E-state index contributed by atoms with van der Waals surface area (Å²) in [7, 11) is 0. The highest BCUT2D eigenvalue weighted by molar-refractivity contribution is 7.99. The van der Waals surface area contributed by atoms with Gasteiger partial charge in [-0.05, 0) is 24.6 Å². The number of aryl methyl sites for hydroxylation is 1. The zero-order valence-electron chi connectivity index (χ0n) is 11.9. The lowest BCUT2D eigenvalue weighted by atomic mass is 10.1. The van der Waals surface area contributed by atoms with Crippen molar-refractivity contribution in [2.24, 2.45) is 0 Å². The summed E-state index contributed by atoms with van der Waals surface area (Å²) in [6.07, 6.45) is -0.471. The molecule has 0 bridgehead atoms. The third kappa shape index (κ3) is 2.96. The van der Waals surface area contributed by atoms with Crippen molar-refractivity contribution in [1.82, 2.24) is 9.55 Å². The summed E-state index contributed by atoms with van der Waals surface area (Å²) in [6.45, 7) is 3.00. The maximum absolute atomic E-state index is 10.3. The number of hydrogen-bond donors (Lipinski definition) is 1. The van der Waals surface area contributed by atoms with Crippen LogP contribution in [-0.4, -0.2) is 20.4 Å². The first-order chi connectivity index (χ1) is 10.3. The average Bonchev–Trinajstić information content (AvgIpc) is 2.91. The predicted molar refractivity (Wildman–Crippen MR) is 87.5 cm³/mol. The van der Waals surface area contributed by atoms with Crippen molar-refractivity contribution in [3.8, 4) is 0 Å². The highest BCUT2D eigenvalue weighted by Crippen LogP contribution is 2.27. The van der Waals surface area contributed by atoms with E-state index in [1.807, 2.05) is 48.5 Å². The van der Waals surface area contributed by atoms with Gasteiger partial charge in [0.25, 0.3) is 0 Å². The monoisotopic (exact) mass is 298 g/mol. The van der Waals surface area contributed by atoms with Crippen molar-refractivity contribution in [3.63, 3.8) is 0 Å². The largest absolute Gasteiger partial charge is 0.388 e. The molecule has 0 saturated carbocycles. The zero-order valence-corrected chi connectivity index (χ0v) is 12.8. The van der Waals surface area contributed by atoms with Gasteiger partial charge in [-0.15, -0.1) is 0 Å². The molecule has 2 aromatic carbocycles. The highest BCUT2D eigenvalue weighted by Gasteiger charge is 2.13. The van der Waals surface area contributed by atoms with E-state index in [-0.39, 0.29) is 0 Å². The average molecular weight is 298 g/mol. The Morgan fingerprint density at radius 1 is 1.10 bits per heavy atom. The molecule has 0 radical (unpaired) electrons. The number of fused-ring (bicyclic) bond motifs is 1. The summed E-state index contributed by atoms with van der Waals surface area (Å²) in [5, 5.41) is 11.2. The number of aliphatic hydroxyl groups is 1. The molecule has 1 atom stereocenters. The van der Waals surface area contributed by atoms with Crippen LogP contribution in [0.15, 0.2) is 59.8 Å². The molecule has 1 N–H and O–H groups in total. The number of rotatable bonds is 5. The van der Waals surface area contributed by atoms with Gasteiger partial charge in [-0.1, -0.05) is 54.2 Å². The molecule has 21 heavy (non-hydrogen) atoms. The molecule has 4 heteroatoms. The summed E-state index contributed by atoms with van der Waals surface area (Å²) < 4.78 is 2.19. The van der Waals surface area contributed by atoms with Crippen molar-refractivity contribution in [3.05, 3.63) is 60.2 Å². The third-order valence-corrected chi connectivity index (χ3v) is 4.54. The molecule has 1 unspecified atom stereocenters. The van der Waals surface area contributed by atoms with Crippen molar-refractivity contribution >= 4 is 22.8 Å². The van der Waals surface area contributed by atoms with Gasteiger partial charge >= 0.3 is 0 Å². The number of aromatic nitrogens is 2. The molecule has 3 aromatic rings. The molecule has 0 aliphatic heterocycles. The van der Waals surface area contributed by atoms with Crippen LogP contribution in [0.5, 0.6) is 0 Å². The van der Waals surface area contributed by atoms with Crippen LogP contribution in [-0.2, 0) is 6.54 Å². The van der Waals surface area contributed by atoms with Gasteiger partial charge in [0.1, 0.15) is 0 Å². The number of benzene rings is 2. The van der Waals surface area contributed by atoms with Gasteiger partial charge in [-0.2, -0.15) is 0 Å². The van der Waals surface area contributed by atoms with E-state index >= 15 is 0 Å². The Kier molecular flexibility index (Phi) is 4.27. The van der Waals surface area contributed by atoms with Crippen molar-refractivity contribution in [2.75, 3.05) is 5.75 Å². The van der Waals surface area contributed by atoms with Crippen LogP contribution in [0.25, 0.3) is 11.0 Å². The second-order valence-electron chi connectivity index (χ2n) is 4.86. The summed E-state index contributed by atoms with van der Waals surface area (Å²) in [6, 6.07) is 17.9. The molecule has 0 saturated heterocycles. The molecule has 1 aromatic heterocycles. The van der Waals surface area contributed by atoms with Gasteiger partial charge in [0, 0.05) is 12.3 Å².